The Balaban J connectivity index is 1.95. The van der Waals surface area contributed by atoms with E-state index in [0.717, 1.165) is 11.4 Å². The first-order valence-electron chi connectivity index (χ1n) is 8.45. The first kappa shape index (κ1) is 15.3. The van der Waals surface area contributed by atoms with Gasteiger partial charge in [0.05, 0.1) is 11.0 Å². The summed E-state index contributed by atoms with van der Waals surface area (Å²) in [5, 5.41) is 5.84. The number of fused-ring (bicyclic) bond motifs is 3. The molecule has 0 spiro atoms. The van der Waals surface area contributed by atoms with Gasteiger partial charge in [-0.3, -0.25) is 0 Å². The predicted octanol–water partition coefficient (Wildman–Crippen LogP) is 6.29. The average molecular weight is 324 g/mol. The van der Waals surface area contributed by atoms with Crippen LogP contribution in [0.25, 0.3) is 27.5 Å². The van der Waals surface area contributed by atoms with Crippen LogP contribution in [0.3, 0.4) is 0 Å². The number of allylic oxidation sites excluding steroid dienone is 2. The van der Waals surface area contributed by atoms with Gasteiger partial charge in [-0.15, -0.1) is 0 Å². The van der Waals surface area contributed by atoms with Crippen LogP contribution in [0, 0.1) is 0 Å². The summed E-state index contributed by atoms with van der Waals surface area (Å²) in [6.45, 7) is 6.02. The van der Waals surface area contributed by atoms with Crippen molar-refractivity contribution in [3.63, 3.8) is 0 Å². The highest BCUT2D eigenvalue weighted by molar-refractivity contribution is 6.10. The number of rotatable bonds is 4. The topological polar surface area (TPSA) is 17.0 Å². The molecule has 4 aromatic rings. The smallest absolute Gasteiger partial charge is 0.0542 e. The van der Waals surface area contributed by atoms with Crippen molar-refractivity contribution in [2.45, 2.75) is 6.92 Å². The van der Waals surface area contributed by atoms with E-state index in [9.17, 15) is 0 Å². The van der Waals surface area contributed by atoms with Gasteiger partial charge >= 0.3 is 0 Å². The van der Waals surface area contributed by atoms with Crippen LogP contribution in [0.4, 0.5) is 5.69 Å². The molecule has 1 heterocycles. The Labute approximate surface area is 147 Å². The summed E-state index contributed by atoms with van der Waals surface area (Å²) < 4.78 is 2.31. The Morgan fingerprint density at radius 2 is 1.60 bits per heavy atom. The molecular formula is C23H20N2. The van der Waals surface area contributed by atoms with Gasteiger partial charge in [-0.05, 0) is 49.4 Å². The second-order valence-corrected chi connectivity index (χ2v) is 6.07. The summed E-state index contributed by atoms with van der Waals surface area (Å²) >= 11 is 0. The lowest BCUT2D eigenvalue weighted by Crippen LogP contribution is -1.95. The van der Waals surface area contributed by atoms with E-state index in [0.29, 0.717) is 0 Å². The second kappa shape index (κ2) is 6.33. The zero-order valence-corrected chi connectivity index (χ0v) is 14.2. The molecule has 0 saturated heterocycles. The van der Waals surface area contributed by atoms with Crippen LogP contribution in [0.2, 0.25) is 0 Å². The van der Waals surface area contributed by atoms with E-state index in [4.69, 9.17) is 0 Å². The monoisotopic (exact) mass is 324 g/mol. The Bertz CT molecular complexity index is 1090. The number of hydrogen-bond acceptors (Lipinski definition) is 1. The van der Waals surface area contributed by atoms with E-state index in [1.165, 1.54) is 27.5 Å². The van der Waals surface area contributed by atoms with E-state index in [2.05, 4.69) is 83.2 Å². The molecule has 0 saturated carbocycles. The van der Waals surface area contributed by atoms with Gasteiger partial charge < -0.3 is 9.88 Å². The third kappa shape index (κ3) is 2.72. The highest BCUT2D eigenvalue weighted by atomic mass is 15.0. The molecule has 1 N–H and O–H groups in total. The largest absolute Gasteiger partial charge is 0.356 e. The Hall–Kier alpha value is -3.26. The van der Waals surface area contributed by atoms with Crippen molar-refractivity contribution < 1.29 is 0 Å². The molecular weight excluding hydrogens is 304 g/mol. The van der Waals surface area contributed by atoms with Gasteiger partial charge in [0, 0.05) is 27.8 Å². The average Bonchev–Trinajstić information content (AvgIpc) is 2.96. The van der Waals surface area contributed by atoms with Crippen molar-refractivity contribution in [2.75, 3.05) is 5.32 Å². The molecule has 1 aromatic heterocycles. The number of anilines is 1. The van der Waals surface area contributed by atoms with Crippen LogP contribution in [0.15, 0.2) is 97.2 Å². The van der Waals surface area contributed by atoms with Crippen molar-refractivity contribution >= 4 is 27.5 Å². The van der Waals surface area contributed by atoms with Crippen molar-refractivity contribution in [3.05, 3.63) is 97.2 Å². The van der Waals surface area contributed by atoms with Crippen LogP contribution < -0.4 is 5.32 Å². The fourth-order valence-corrected chi connectivity index (χ4v) is 3.33. The van der Waals surface area contributed by atoms with E-state index >= 15 is 0 Å². The summed E-state index contributed by atoms with van der Waals surface area (Å²) in [5.74, 6) is 0. The number of hydrogen-bond donors (Lipinski definition) is 1. The molecule has 0 aliphatic carbocycles. The molecule has 3 aromatic carbocycles. The minimum Gasteiger partial charge on any atom is -0.356 e. The standard InChI is InChI=1S/C23H20N2/c1-3-9-17(2)24-18-14-15-23-21(16-18)20-12-7-8-13-22(20)25(23)19-10-5-4-6-11-19/h3-16,24H,2H2,1H3/b9-3-. The van der Waals surface area contributed by atoms with E-state index in [-0.39, 0.29) is 0 Å². The third-order valence-corrected chi connectivity index (χ3v) is 4.36. The lowest BCUT2D eigenvalue weighted by Gasteiger charge is -2.09. The molecule has 0 aliphatic heterocycles. The normalized spacial score (nSPS) is 11.4. The minimum absolute atomic E-state index is 0.883. The molecule has 2 heteroatoms. The van der Waals surface area contributed by atoms with E-state index in [1.54, 1.807) is 0 Å². The lowest BCUT2D eigenvalue weighted by atomic mass is 10.1. The Morgan fingerprint density at radius 1 is 0.880 bits per heavy atom. The van der Waals surface area contributed by atoms with Crippen LogP contribution in [0.1, 0.15) is 6.92 Å². The maximum Gasteiger partial charge on any atom is 0.0542 e. The summed E-state index contributed by atoms with van der Waals surface area (Å²) in [6, 6.07) is 25.5. The number of benzene rings is 3. The third-order valence-electron chi connectivity index (χ3n) is 4.36. The lowest BCUT2D eigenvalue weighted by molar-refractivity contribution is 1.18. The fraction of sp³-hybridized carbons (Fsp3) is 0.0435. The summed E-state index contributed by atoms with van der Waals surface area (Å²) in [7, 11) is 0. The van der Waals surface area contributed by atoms with E-state index in [1.807, 2.05) is 25.1 Å². The van der Waals surface area contributed by atoms with Gasteiger partial charge in [0.15, 0.2) is 0 Å². The molecule has 25 heavy (non-hydrogen) atoms. The molecule has 2 nitrogen and oxygen atoms in total. The summed E-state index contributed by atoms with van der Waals surface area (Å²) in [6.07, 6.45) is 3.95. The first-order chi connectivity index (χ1) is 12.3. The van der Waals surface area contributed by atoms with Crippen molar-refractivity contribution in [1.82, 2.24) is 4.57 Å². The predicted molar refractivity (Wildman–Crippen MR) is 108 cm³/mol. The summed E-state index contributed by atoms with van der Waals surface area (Å²) in [4.78, 5) is 0. The molecule has 0 amide bonds. The van der Waals surface area contributed by atoms with Crippen LogP contribution in [0.5, 0.6) is 0 Å². The molecule has 0 radical (unpaired) electrons. The van der Waals surface area contributed by atoms with Gasteiger partial charge in [-0.25, -0.2) is 0 Å². The highest BCUT2D eigenvalue weighted by Gasteiger charge is 2.12. The van der Waals surface area contributed by atoms with Crippen molar-refractivity contribution in [1.29, 1.82) is 0 Å². The van der Waals surface area contributed by atoms with Crippen molar-refractivity contribution in [3.8, 4) is 5.69 Å². The van der Waals surface area contributed by atoms with Gasteiger partial charge in [0.25, 0.3) is 0 Å². The van der Waals surface area contributed by atoms with Gasteiger partial charge in [-0.2, -0.15) is 0 Å². The molecule has 0 bridgehead atoms. The molecule has 122 valence electrons. The summed E-state index contributed by atoms with van der Waals surface area (Å²) in [5.41, 5.74) is 5.52. The van der Waals surface area contributed by atoms with Crippen molar-refractivity contribution in [2.24, 2.45) is 0 Å². The Kier molecular flexibility index (Phi) is 3.87. The fourth-order valence-electron chi connectivity index (χ4n) is 3.33. The maximum absolute atomic E-state index is 4.03. The number of nitrogens with one attached hydrogen (secondary N) is 1. The van der Waals surface area contributed by atoms with Gasteiger partial charge in [0.2, 0.25) is 0 Å². The first-order valence-corrected chi connectivity index (χ1v) is 8.45. The maximum atomic E-state index is 4.03. The Morgan fingerprint density at radius 3 is 2.40 bits per heavy atom. The second-order valence-electron chi connectivity index (χ2n) is 6.07. The van der Waals surface area contributed by atoms with Crippen LogP contribution >= 0.6 is 0 Å². The molecule has 4 rings (SSSR count). The molecule has 0 aliphatic rings. The minimum atomic E-state index is 0.883. The van der Waals surface area contributed by atoms with Crippen LogP contribution in [-0.2, 0) is 0 Å². The number of para-hydroxylation sites is 2. The van der Waals surface area contributed by atoms with Gasteiger partial charge in [-0.1, -0.05) is 49.1 Å². The van der Waals surface area contributed by atoms with Crippen LogP contribution in [-0.4, -0.2) is 4.57 Å². The highest BCUT2D eigenvalue weighted by Crippen LogP contribution is 2.33. The zero-order chi connectivity index (χ0) is 17.2. The number of aromatic nitrogens is 1. The quantitative estimate of drug-likeness (QED) is 0.437. The molecule has 0 fully saturated rings. The zero-order valence-electron chi connectivity index (χ0n) is 14.2. The number of nitrogens with zero attached hydrogens (tertiary/aromatic N) is 1. The van der Waals surface area contributed by atoms with E-state index < -0.39 is 0 Å². The molecule has 0 atom stereocenters. The SMILES string of the molecule is C=C(/C=C\C)Nc1ccc2c(c1)c1ccccc1n2-c1ccccc1. The molecule has 0 unspecified atom stereocenters. The van der Waals surface area contributed by atoms with Gasteiger partial charge in [0.1, 0.15) is 0 Å².